The van der Waals surface area contributed by atoms with Gasteiger partial charge < -0.3 is 9.64 Å². The second-order valence-corrected chi connectivity index (χ2v) is 7.98. The van der Waals surface area contributed by atoms with E-state index >= 15 is 0 Å². The minimum absolute atomic E-state index is 0.0557. The summed E-state index contributed by atoms with van der Waals surface area (Å²) in [5, 5.41) is 10.9. The lowest BCUT2D eigenvalue weighted by atomic mass is 10.2. The molecule has 2 aromatic rings. The van der Waals surface area contributed by atoms with Crippen LogP contribution in [0.1, 0.15) is 6.92 Å². The van der Waals surface area contributed by atoms with Crippen molar-refractivity contribution in [3.8, 4) is 5.75 Å². The van der Waals surface area contributed by atoms with Gasteiger partial charge in [0.05, 0.1) is 22.1 Å². The van der Waals surface area contributed by atoms with Crippen LogP contribution in [0.15, 0.2) is 53.4 Å². The van der Waals surface area contributed by atoms with Crippen molar-refractivity contribution in [2.24, 2.45) is 0 Å². The number of anilines is 1. The van der Waals surface area contributed by atoms with Crippen LogP contribution < -0.4 is 9.64 Å². The van der Waals surface area contributed by atoms with Crippen LogP contribution in [0.3, 0.4) is 0 Å². The fourth-order valence-corrected chi connectivity index (χ4v) is 4.53. The molecule has 1 aliphatic heterocycles. The molecule has 2 aromatic carbocycles. The van der Waals surface area contributed by atoms with Crippen LogP contribution >= 0.6 is 0 Å². The average Bonchev–Trinajstić information content (AvgIpc) is 2.69. The molecule has 0 amide bonds. The van der Waals surface area contributed by atoms with Gasteiger partial charge in [-0.15, -0.1) is 0 Å². The van der Waals surface area contributed by atoms with Crippen molar-refractivity contribution in [1.82, 2.24) is 4.31 Å². The summed E-state index contributed by atoms with van der Waals surface area (Å²) in [5.41, 5.74) is 0.701. The third kappa shape index (κ3) is 4.04. The molecule has 0 N–H and O–H groups in total. The number of non-ortho nitro benzene ring substituents is 1. The van der Waals surface area contributed by atoms with Crippen LogP contribution in [-0.2, 0) is 10.0 Å². The van der Waals surface area contributed by atoms with Gasteiger partial charge in [0, 0.05) is 38.3 Å². The van der Waals surface area contributed by atoms with Crippen LogP contribution in [0.2, 0.25) is 0 Å². The Morgan fingerprint density at radius 1 is 1.07 bits per heavy atom. The molecule has 0 radical (unpaired) electrons. The standard InChI is InChI=1S/C18H21N3O5S/c1-2-26-18-9-4-3-8-17(18)19-10-12-20(13-11-19)27(24,25)16-7-5-6-15(14-16)21(22)23/h3-9,14H,2,10-13H2,1H3. The second-order valence-electron chi connectivity index (χ2n) is 6.05. The van der Waals surface area contributed by atoms with Gasteiger partial charge in [0.2, 0.25) is 10.0 Å². The highest BCUT2D eigenvalue weighted by Gasteiger charge is 2.30. The van der Waals surface area contributed by atoms with E-state index in [1.165, 1.54) is 22.5 Å². The van der Waals surface area contributed by atoms with Gasteiger partial charge in [-0.3, -0.25) is 10.1 Å². The minimum Gasteiger partial charge on any atom is -0.492 e. The molecule has 0 saturated carbocycles. The maximum Gasteiger partial charge on any atom is 0.270 e. The Kier molecular flexibility index (Phi) is 5.62. The monoisotopic (exact) mass is 391 g/mol. The van der Waals surface area contributed by atoms with Crippen LogP contribution in [0, 0.1) is 10.1 Å². The topological polar surface area (TPSA) is 93.0 Å². The second kappa shape index (κ2) is 7.93. The maximum absolute atomic E-state index is 12.8. The molecule has 0 spiro atoms. The average molecular weight is 391 g/mol. The first-order valence-electron chi connectivity index (χ1n) is 8.65. The predicted octanol–water partition coefficient (Wildman–Crippen LogP) is 2.50. The van der Waals surface area contributed by atoms with Crippen molar-refractivity contribution in [1.29, 1.82) is 0 Å². The van der Waals surface area contributed by atoms with E-state index in [1.807, 2.05) is 31.2 Å². The number of nitro groups is 1. The molecule has 0 atom stereocenters. The lowest BCUT2D eigenvalue weighted by Gasteiger charge is -2.36. The fourth-order valence-electron chi connectivity index (χ4n) is 3.07. The van der Waals surface area contributed by atoms with Crippen LogP contribution in [0.25, 0.3) is 0 Å². The molecule has 3 rings (SSSR count). The zero-order chi connectivity index (χ0) is 19.4. The minimum atomic E-state index is -3.77. The molecule has 144 valence electrons. The van der Waals surface area contributed by atoms with E-state index in [1.54, 1.807) is 0 Å². The Hall–Kier alpha value is -2.65. The van der Waals surface area contributed by atoms with Crippen molar-refractivity contribution in [3.05, 3.63) is 58.6 Å². The van der Waals surface area contributed by atoms with Gasteiger partial charge in [0.1, 0.15) is 5.75 Å². The van der Waals surface area contributed by atoms with Gasteiger partial charge in [-0.25, -0.2) is 8.42 Å². The van der Waals surface area contributed by atoms with Gasteiger partial charge in [-0.05, 0) is 25.1 Å². The molecule has 1 heterocycles. The zero-order valence-electron chi connectivity index (χ0n) is 14.9. The molecule has 0 aromatic heterocycles. The van der Waals surface area contributed by atoms with Crippen LogP contribution in [-0.4, -0.2) is 50.4 Å². The highest BCUT2D eigenvalue weighted by molar-refractivity contribution is 7.89. The van der Waals surface area contributed by atoms with E-state index in [0.29, 0.717) is 32.8 Å². The number of hydrogen-bond acceptors (Lipinski definition) is 6. The summed E-state index contributed by atoms with van der Waals surface area (Å²) in [7, 11) is -3.77. The number of ether oxygens (including phenoxy) is 1. The van der Waals surface area contributed by atoms with E-state index in [-0.39, 0.29) is 10.6 Å². The number of rotatable bonds is 6. The fraction of sp³-hybridized carbons (Fsp3) is 0.333. The first-order chi connectivity index (χ1) is 12.9. The maximum atomic E-state index is 12.8. The smallest absolute Gasteiger partial charge is 0.270 e. The van der Waals surface area contributed by atoms with Crippen molar-refractivity contribution in [3.63, 3.8) is 0 Å². The van der Waals surface area contributed by atoms with Crippen molar-refractivity contribution < 1.29 is 18.1 Å². The number of sulfonamides is 1. The van der Waals surface area contributed by atoms with Crippen molar-refractivity contribution in [2.75, 3.05) is 37.7 Å². The summed E-state index contributed by atoms with van der Waals surface area (Å²) in [6, 6.07) is 12.8. The predicted molar refractivity (Wildman–Crippen MR) is 102 cm³/mol. The van der Waals surface area contributed by atoms with Gasteiger partial charge >= 0.3 is 0 Å². The van der Waals surface area contributed by atoms with Gasteiger partial charge in [0.15, 0.2) is 0 Å². The van der Waals surface area contributed by atoms with E-state index in [0.717, 1.165) is 17.5 Å². The van der Waals surface area contributed by atoms with E-state index in [4.69, 9.17) is 4.74 Å². The third-order valence-electron chi connectivity index (χ3n) is 4.41. The van der Waals surface area contributed by atoms with Crippen molar-refractivity contribution >= 4 is 21.4 Å². The van der Waals surface area contributed by atoms with E-state index in [2.05, 4.69) is 4.90 Å². The zero-order valence-corrected chi connectivity index (χ0v) is 15.8. The summed E-state index contributed by atoms with van der Waals surface area (Å²) in [6.07, 6.45) is 0. The van der Waals surface area contributed by atoms with Gasteiger partial charge in [0.25, 0.3) is 5.69 Å². The van der Waals surface area contributed by atoms with Crippen LogP contribution in [0.5, 0.6) is 5.75 Å². The Balaban J connectivity index is 1.75. The summed E-state index contributed by atoms with van der Waals surface area (Å²) in [4.78, 5) is 12.4. The molecule has 0 bridgehead atoms. The summed E-state index contributed by atoms with van der Waals surface area (Å²) in [6.45, 7) is 4.09. The molecular weight excluding hydrogens is 370 g/mol. The lowest BCUT2D eigenvalue weighted by Crippen LogP contribution is -2.48. The molecule has 1 aliphatic rings. The van der Waals surface area contributed by atoms with E-state index < -0.39 is 14.9 Å². The van der Waals surface area contributed by atoms with Gasteiger partial charge in [-0.2, -0.15) is 4.31 Å². The Morgan fingerprint density at radius 3 is 2.44 bits per heavy atom. The molecule has 1 fully saturated rings. The summed E-state index contributed by atoms with van der Waals surface area (Å²) < 4.78 is 32.7. The molecule has 1 saturated heterocycles. The highest BCUT2D eigenvalue weighted by atomic mass is 32.2. The number of benzene rings is 2. The summed E-state index contributed by atoms with van der Waals surface area (Å²) >= 11 is 0. The number of nitro benzene ring substituents is 1. The third-order valence-corrected chi connectivity index (χ3v) is 6.31. The molecule has 0 unspecified atom stereocenters. The van der Waals surface area contributed by atoms with Crippen molar-refractivity contribution in [2.45, 2.75) is 11.8 Å². The first-order valence-corrected chi connectivity index (χ1v) is 10.1. The van der Waals surface area contributed by atoms with Gasteiger partial charge in [-0.1, -0.05) is 18.2 Å². The first kappa shape index (κ1) is 19.1. The SMILES string of the molecule is CCOc1ccccc1N1CCN(S(=O)(=O)c2cccc([N+](=O)[O-])c2)CC1. The molecular formula is C18H21N3O5S. The number of piperazine rings is 1. The Labute approximate surface area is 158 Å². The lowest BCUT2D eigenvalue weighted by molar-refractivity contribution is -0.385. The van der Waals surface area contributed by atoms with Crippen LogP contribution in [0.4, 0.5) is 11.4 Å². The molecule has 27 heavy (non-hydrogen) atoms. The number of para-hydroxylation sites is 2. The Bertz CT molecular complexity index is 924. The largest absolute Gasteiger partial charge is 0.492 e. The van der Waals surface area contributed by atoms with E-state index in [9.17, 15) is 18.5 Å². The normalized spacial score (nSPS) is 15.5. The number of nitrogens with zero attached hydrogens (tertiary/aromatic N) is 3. The quantitative estimate of drug-likeness (QED) is 0.555. The molecule has 8 nitrogen and oxygen atoms in total. The molecule has 0 aliphatic carbocycles. The highest BCUT2D eigenvalue weighted by Crippen LogP contribution is 2.30. The molecule has 9 heteroatoms. The Morgan fingerprint density at radius 2 is 1.78 bits per heavy atom. The number of hydrogen-bond donors (Lipinski definition) is 0. The summed E-state index contributed by atoms with van der Waals surface area (Å²) in [5.74, 6) is 0.773.